The van der Waals surface area contributed by atoms with Crippen LogP contribution in [0.5, 0.6) is 0 Å². The smallest absolute Gasteiger partial charge is 0.0645 e. The molecule has 4 nitrogen and oxygen atoms in total. The highest BCUT2D eigenvalue weighted by molar-refractivity contribution is 5.81. The van der Waals surface area contributed by atoms with Crippen LogP contribution < -0.4 is 5.73 Å². The third kappa shape index (κ3) is 2.72. The van der Waals surface area contributed by atoms with Crippen LogP contribution in [-0.4, -0.2) is 20.9 Å². The first-order valence-corrected chi connectivity index (χ1v) is 7.52. The van der Waals surface area contributed by atoms with E-state index < -0.39 is 0 Å². The van der Waals surface area contributed by atoms with E-state index in [9.17, 15) is 0 Å². The first-order chi connectivity index (χ1) is 10.2. The molecule has 0 atom stereocenters. The molecule has 3 aromatic rings. The van der Waals surface area contributed by atoms with Crippen LogP contribution in [0.2, 0.25) is 0 Å². The molecule has 21 heavy (non-hydrogen) atoms. The van der Waals surface area contributed by atoms with Crippen molar-refractivity contribution < 1.29 is 0 Å². The van der Waals surface area contributed by atoms with Crippen LogP contribution in [0.4, 0.5) is 0 Å². The Labute approximate surface area is 125 Å². The maximum atomic E-state index is 5.63. The molecule has 0 aliphatic rings. The minimum Gasteiger partial charge on any atom is -0.341 e. The second-order valence-electron chi connectivity index (χ2n) is 5.47. The van der Waals surface area contributed by atoms with Gasteiger partial charge in [0.05, 0.1) is 17.9 Å². The van der Waals surface area contributed by atoms with Crippen LogP contribution in [0.1, 0.15) is 23.9 Å². The third-order valence-electron chi connectivity index (χ3n) is 3.89. The highest BCUT2D eigenvalue weighted by atomic mass is 15.3. The summed E-state index contributed by atoms with van der Waals surface area (Å²) in [4.78, 5) is 0. The Hall–Kier alpha value is -2.07. The lowest BCUT2D eigenvalue weighted by Gasteiger charge is -2.08. The first kappa shape index (κ1) is 13.9. The van der Waals surface area contributed by atoms with Crippen molar-refractivity contribution in [3.63, 3.8) is 0 Å². The Morgan fingerprint density at radius 2 is 2.05 bits per heavy atom. The molecule has 0 aliphatic heterocycles. The fourth-order valence-corrected chi connectivity index (χ4v) is 2.88. The van der Waals surface area contributed by atoms with Gasteiger partial charge in [-0.2, -0.15) is 5.10 Å². The monoisotopic (exact) mass is 282 g/mol. The van der Waals surface area contributed by atoms with E-state index in [1.54, 1.807) is 0 Å². The Morgan fingerprint density at radius 1 is 1.19 bits per heavy atom. The summed E-state index contributed by atoms with van der Waals surface area (Å²) in [7, 11) is 0. The van der Waals surface area contributed by atoms with Gasteiger partial charge in [0, 0.05) is 18.3 Å². The van der Waals surface area contributed by atoms with E-state index in [4.69, 9.17) is 5.73 Å². The van der Waals surface area contributed by atoms with E-state index in [-0.39, 0.29) is 0 Å². The number of hydrogen-bond acceptors (Lipinski definition) is 2. The van der Waals surface area contributed by atoms with Gasteiger partial charge in [-0.15, -0.1) is 0 Å². The van der Waals surface area contributed by atoms with E-state index in [1.807, 2.05) is 6.92 Å². The normalized spacial score (nSPS) is 11.4. The van der Waals surface area contributed by atoms with Gasteiger partial charge in [-0.05, 0) is 62.0 Å². The molecule has 4 heteroatoms. The fraction of sp³-hybridized carbons (Fsp3) is 0.353. The molecule has 2 heterocycles. The Balaban J connectivity index is 1.93. The lowest BCUT2D eigenvalue weighted by Crippen LogP contribution is -2.07. The van der Waals surface area contributed by atoms with Crippen LogP contribution in [-0.2, 0) is 19.5 Å². The summed E-state index contributed by atoms with van der Waals surface area (Å²) in [6.45, 7) is 6.63. The van der Waals surface area contributed by atoms with Gasteiger partial charge < -0.3 is 10.3 Å². The highest BCUT2D eigenvalue weighted by Gasteiger charge is 2.07. The standard InChI is InChI=1S/C17H22N4/c1-3-21-16(10-13(2)19-21)12-20-9-7-15-11-14(6-8-18)4-5-17(15)20/h4-5,7,9-11H,3,6,8,12,18H2,1-2H3. The predicted octanol–water partition coefficient (Wildman–Crippen LogP) is 2.72. The molecule has 110 valence electrons. The van der Waals surface area contributed by atoms with E-state index in [0.29, 0.717) is 6.54 Å². The molecule has 0 saturated heterocycles. The highest BCUT2D eigenvalue weighted by Crippen LogP contribution is 2.19. The summed E-state index contributed by atoms with van der Waals surface area (Å²) in [5, 5.41) is 5.80. The summed E-state index contributed by atoms with van der Waals surface area (Å²) in [5.41, 5.74) is 10.5. The summed E-state index contributed by atoms with van der Waals surface area (Å²) < 4.78 is 4.36. The summed E-state index contributed by atoms with van der Waals surface area (Å²) in [6.07, 6.45) is 3.09. The zero-order chi connectivity index (χ0) is 14.8. The molecular formula is C17H22N4. The molecule has 0 radical (unpaired) electrons. The average Bonchev–Trinajstić information content (AvgIpc) is 3.03. The molecule has 2 N–H and O–H groups in total. The second kappa shape index (κ2) is 5.74. The number of nitrogens with two attached hydrogens (primary N) is 1. The lowest BCUT2D eigenvalue weighted by atomic mass is 10.1. The van der Waals surface area contributed by atoms with Gasteiger partial charge in [0.25, 0.3) is 0 Å². The second-order valence-corrected chi connectivity index (χ2v) is 5.47. The number of aryl methyl sites for hydroxylation is 2. The van der Waals surface area contributed by atoms with Gasteiger partial charge in [-0.3, -0.25) is 4.68 Å². The number of aromatic nitrogens is 3. The van der Waals surface area contributed by atoms with Gasteiger partial charge in [0.1, 0.15) is 0 Å². The molecule has 0 amide bonds. The average molecular weight is 282 g/mol. The molecule has 0 aliphatic carbocycles. The van der Waals surface area contributed by atoms with Gasteiger partial charge in [-0.1, -0.05) is 6.07 Å². The number of fused-ring (bicyclic) bond motifs is 1. The minimum atomic E-state index is 0.696. The van der Waals surface area contributed by atoms with Gasteiger partial charge >= 0.3 is 0 Å². The maximum Gasteiger partial charge on any atom is 0.0645 e. The first-order valence-electron chi connectivity index (χ1n) is 7.52. The van der Waals surface area contributed by atoms with Crippen molar-refractivity contribution >= 4 is 10.9 Å². The molecule has 1 aromatic carbocycles. The van der Waals surface area contributed by atoms with Crippen LogP contribution in [0, 0.1) is 6.92 Å². The van der Waals surface area contributed by atoms with Crippen molar-refractivity contribution in [2.75, 3.05) is 6.54 Å². The van der Waals surface area contributed by atoms with E-state index in [0.717, 1.165) is 25.2 Å². The van der Waals surface area contributed by atoms with Crippen molar-refractivity contribution in [3.8, 4) is 0 Å². The Kier molecular flexibility index (Phi) is 3.80. The van der Waals surface area contributed by atoms with Crippen LogP contribution in [0.25, 0.3) is 10.9 Å². The summed E-state index contributed by atoms with van der Waals surface area (Å²) in [5.74, 6) is 0. The SMILES string of the molecule is CCn1nc(C)cc1Cn1ccc2cc(CCN)ccc21. The number of nitrogens with zero attached hydrogens (tertiary/aromatic N) is 3. The molecule has 2 aromatic heterocycles. The number of hydrogen-bond donors (Lipinski definition) is 1. The largest absolute Gasteiger partial charge is 0.341 e. The van der Waals surface area contributed by atoms with E-state index >= 15 is 0 Å². The van der Waals surface area contributed by atoms with Gasteiger partial charge in [0.2, 0.25) is 0 Å². The molecule has 0 saturated carbocycles. The fourth-order valence-electron chi connectivity index (χ4n) is 2.88. The molecule has 0 fully saturated rings. The maximum absolute atomic E-state index is 5.63. The summed E-state index contributed by atoms with van der Waals surface area (Å²) in [6, 6.07) is 10.9. The minimum absolute atomic E-state index is 0.696. The third-order valence-corrected chi connectivity index (χ3v) is 3.89. The van der Waals surface area contributed by atoms with Crippen molar-refractivity contribution in [3.05, 3.63) is 53.5 Å². The van der Waals surface area contributed by atoms with E-state index in [2.05, 4.69) is 57.8 Å². The topological polar surface area (TPSA) is 48.8 Å². The zero-order valence-electron chi connectivity index (χ0n) is 12.7. The Bertz CT molecular complexity index is 751. The van der Waals surface area contributed by atoms with Crippen molar-refractivity contribution in [2.45, 2.75) is 33.4 Å². The Morgan fingerprint density at radius 3 is 2.81 bits per heavy atom. The summed E-state index contributed by atoms with van der Waals surface area (Å²) >= 11 is 0. The quantitative estimate of drug-likeness (QED) is 0.782. The van der Waals surface area contributed by atoms with Crippen molar-refractivity contribution in [2.24, 2.45) is 5.73 Å². The van der Waals surface area contributed by atoms with Crippen LogP contribution in [0.3, 0.4) is 0 Å². The van der Waals surface area contributed by atoms with Crippen LogP contribution >= 0.6 is 0 Å². The molecule has 0 unspecified atom stereocenters. The number of benzene rings is 1. The number of rotatable bonds is 5. The predicted molar refractivity (Wildman–Crippen MR) is 86.4 cm³/mol. The van der Waals surface area contributed by atoms with Gasteiger partial charge in [-0.25, -0.2) is 0 Å². The molecule has 0 bridgehead atoms. The molecule has 3 rings (SSSR count). The molecular weight excluding hydrogens is 260 g/mol. The van der Waals surface area contributed by atoms with Crippen LogP contribution in [0.15, 0.2) is 36.5 Å². The zero-order valence-corrected chi connectivity index (χ0v) is 12.7. The van der Waals surface area contributed by atoms with Crippen molar-refractivity contribution in [1.29, 1.82) is 0 Å². The van der Waals surface area contributed by atoms with E-state index in [1.165, 1.54) is 22.2 Å². The molecule has 0 spiro atoms. The van der Waals surface area contributed by atoms with Crippen molar-refractivity contribution in [1.82, 2.24) is 14.3 Å². The lowest BCUT2D eigenvalue weighted by molar-refractivity contribution is 0.602. The van der Waals surface area contributed by atoms with Gasteiger partial charge in [0.15, 0.2) is 0 Å².